The summed E-state index contributed by atoms with van der Waals surface area (Å²) >= 11 is 4.79. The Hall–Kier alpha value is 0.660. The van der Waals surface area contributed by atoms with E-state index in [1.54, 1.807) is 0 Å². The predicted molar refractivity (Wildman–Crippen MR) is 28.2 cm³/mol. The van der Waals surface area contributed by atoms with E-state index in [9.17, 15) is 0 Å². The van der Waals surface area contributed by atoms with Crippen molar-refractivity contribution >= 4 is 22.7 Å². The Morgan fingerprint density at radius 2 is 2.60 bits per heavy atom. The van der Waals surface area contributed by atoms with Crippen molar-refractivity contribution in [3.8, 4) is 0 Å². The highest BCUT2D eigenvalue weighted by atomic mass is 33.1. The van der Waals surface area contributed by atoms with Gasteiger partial charge in [0.1, 0.15) is 0 Å². The lowest BCUT2D eigenvalue weighted by Crippen LogP contribution is -1.68. The molecule has 0 fully saturated rings. The molecule has 0 unspecified atom stereocenters. The molecule has 0 aliphatic rings. The molecule has 0 aromatic carbocycles. The third kappa shape index (κ3) is 4.66. The third-order valence-corrected chi connectivity index (χ3v) is 0.828. The van der Waals surface area contributed by atoms with Crippen LogP contribution in [0.4, 0.5) is 0 Å². The minimum Gasteiger partial charge on any atom is -0.305 e. The zero-order valence-electron chi connectivity index (χ0n) is 2.97. The maximum Gasteiger partial charge on any atom is 0.0595 e. The lowest BCUT2D eigenvalue weighted by atomic mass is 10.9. The fraction of sp³-hybridized carbons (Fsp3) is 1.00. The van der Waals surface area contributed by atoms with Gasteiger partial charge in [0, 0.05) is 0 Å². The van der Waals surface area contributed by atoms with Gasteiger partial charge in [0.05, 0.1) is 17.7 Å². The Bertz CT molecular complexity index is 15.1. The first-order chi connectivity index (χ1) is 2.41. The zero-order chi connectivity index (χ0) is 4.12. The summed E-state index contributed by atoms with van der Waals surface area (Å²) in [6.45, 7) is 2.65. The monoisotopic (exact) mass is 110 g/mol. The van der Waals surface area contributed by atoms with Gasteiger partial charge in [-0.2, -0.15) is 0 Å². The molecule has 0 saturated carbocycles. The van der Waals surface area contributed by atoms with Gasteiger partial charge < -0.3 is 4.18 Å². The highest BCUT2D eigenvalue weighted by Crippen LogP contribution is 2.03. The summed E-state index contributed by atoms with van der Waals surface area (Å²) in [5, 5.41) is 0. The van der Waals surface area contributed by atoms with E-state index in [-0.39, 0.29) is 0 Å². The molecular formula is C2H6OS2. The highest BCUT2D eigenvalue weighted by molar-refractivity contribution is 8.66. The lowest BCUT2D eigenvalue weighted by Gasteiger charge is -1.82. The zero-order valence-corrected chi connectivity index (χ0v) is 4.68. The standard InChI is InChI=1S/C2H6OS2/c1-2-3-5-4/h4H,2H2,1H3. The molecular weight excluding hydrogens is 104 g/mol. The van der Waals surface area contributed by atoms with Gasteiger partial charge >= 0.3 is 0 Å². The maximum absolute atomic E-state index is 4.61. The van der Waals surface area contributed by atoms with E-state index >= 15 is 0 Å². The van der Waals surface area contributed by atoms with E-state index in [4.69, 9.17) is 0 Å². The first-order valence-corrected chi connectivity index (χ1v) is 3.14. The highest BCUT2D eigenvalue weighted by Gasteiger charge is 1.66. The second kappa shape index (κ2) is 4.66. The van der Waals surface area contributed by atoms with Crippen LogP contribution in [0.5, 0.6) is 0 Å². The van der Waals surface area contributed by atoms with Crippen LogP contribution in [0, 0.1) is 0 Å². The van der Waals surface area contributed by atoms with Crippen molar-refractivity contribution in [1.82, 2.24) is 0 Å². The molecule has 1 nitrogen and oxygen atoms in total. The van der Waals surface area contributed by atoms with Gasteiger partial charge in [0.2, 0.25) is 0 Å². The van der Waals surface area contributed by atoms with Gasteiger partial charge in [0.15, 0.2) is 0 Å². The molecule has 0 saturated heterocycles. The van der Waals surface area contributed by atoms with Crippen molar-refractivity contribution in [3.63, 3.8) is 0 Å². The Morgan fingerprint density at radius 3 is 2.60 bits per heavy atom. The smallest absolute Gasteiger partial charge is 0.0595 e. The quantitative estimate of drug-likeness (QED) is 0.328. The van der Waals surface area contributed by atoms with Gasteiger partial charge in [0.25, 0.3) is 0 Å². The minimum absolute atomic E-state index is 0.730. The molecule has 0 aromatic rings. The van der Waals surface area contributed by atoms with Crippen LogP contribution in [0.25, 0.3) is 0 Å². The Balaban J connectivity index is 2.19. The molecule has 5 heavy (non-hydrogen) atoms. The van der Waals surface area contributed by atoms with Gasteiger partial charge in [-0.15, -0.1) is 0 Å². The van der Waals surface area contributed by atoms with Gasteiger partial charge in [-0.25, -0.2) is 0 Å². The molecule has 0 heterocycles. The average molecular weight is 110 g/mol. The fourth-order valence-corrected chi connectivity index (χ4v) is 0.474. The molecule has 0 radical (unpaired) electrons. The molecule has 0 amide bonds. The van der Waals surface area contributed by atoms with E-state index in [2.05, 4.69) is 15.8 Å². The molecule has 0 spiro atoms. The van der Waals surface area contributed by atoms with Crippen molar-refractivity contribution in [2.45, 2.75) is 6.92 Å². The maximum atomic E-state index is 4.61. The normalized spacial score (nSPS) is 8.40. The molecule has 0 bridgehead atoms. The lowest BCUT2D eigenvalue weighted by molar-refractivity contribution is 0.408. The Kier molecular flexibility index (Phi) is 5.28. The summed E-state index contributed by atoms with van der Waals surface area (Å²) in [5.74, 6) is 0. The number of hydrogen-bond acceptors (Lipinski definition) is 3. The molecule has 3 heteroatoms. The van der Waals surface area contributed by atoms with Crippen molar-refractivity contribution in [1.29, 1.82) is 0 Å². The molecule has 32 valence electrons. The number of rotatable bonds is 2. The summed E-state index contributed by atoms with van der Waals surface area (Å²) < 4.78 is 4.61. The van der Waals surface area contributed by atoms with Crippen molar-refractivity contribution in [2.75, 3.05) is 6.61 Å². The topological polar surface area (TPSA) is 9.23 Å². The van der Waals surface area contributed by atoms with Crippen LogP contribution in [0.2, 0.25) is 0 Å². The van der Waals surface area contributed by atoms with Crippen LogP contribution in [-0.2, 0) is 4.18 Å². The van der Waals surface area contributed by atoms with E-state index < -0.39 is 0 Å². The van der Waals surface area contributed by atoms with Crippen LogP contribution in [0.1, 0.15) is 6.92 Å². The van der Waals surface area contributed by atoms with Crippen molar-refractivity contribution < 1.29 is 4.18 Å². The van der Waals surface area contributed by atoms with E-state index in [1.807, 2.05) is 6.92 Å². The summed E-state index contributed by atoms with van der Waals surface area (Å²) in [4.78, 5) is 0. The second-order valence-corrected chi connectivity index (χ2v) is 1.31. The van der Waals surface area contributed by atoms with Crippen molar-refractivity contribution in [3.05, 3.63) is 0 Å². The summed E-state index contributed by atoms with van der Waals surface area (Å²) in [7, 11) is 0. The molecule has 0 rings (SSSR count). The van der Waals surface area contributed by atoms with Gasteiger partial charge in [-0.1, -0.05) is 11.7 Å². The van der Waals surface area contributed by atoms with Gasteiger partial charge in [-0.3, -0.25) is 0 Å². The van der Waals surface area contributed by atoms with Crippen LogP contribution < -0.4 is 0 Å². The Labute approximate surface area is 41.1 Å². The number of thiol groups is 1. The van der Waals surface area contributed by atoms with Gasteiger partial charge in [-0.05, 0) is 6.92 Å². The second-order valence-electron chi connectivity index (χ2n) is 0.481. The number of hydrogen-bond donors (Lipinski definition) is 1. The Morgan fingerprint density at radius 1 is 2.00 bits per heavy atom. The largest absolute Gasteiger partial charge is 0.305 e. The molecule has 0 aliphatic heterocycles. The van der Waals surface area contributed by atoms with Crippen LogP contribution in [0.3, 0.4) is 0 Å². The predicted octanol–water partition coefficient (Wildman–Crippen LogP) is 1.52. The minimum atomic E-state index is 0.730. The van der Waals surface area contributed by atoms with Crippen LogP contribution >= 0.6 is 22.7 Å². The van der Waals surface area contributed by atoms with E-state index in [1.165, 1.54) is 0 Å². The summed E-state index contributed by atoms with van der Waals surface area (Å²) in [6.07, 6.45) is 0. The van der Waals surface area contributed by atoms with Crippen LogP contribution in [0.15, 0.2) is 0 Å². The van der Waals surface area contributed by atoms with Crippen molar-refractivity contribution in [2.24, 2.45) is 0 Å². The van der Waals surface area contributed by atoms with E-state index in [0.29, 0.717) is 0 Å². The molecule has 0 aromatic heterocycles. The SMILES string of the molecule is CCOSS. The first-order valence-electron chi connectivity index (χ1n) is 1.35. The third-order valence-electron chi connectivity index (χ3n) is 0.171. The first kappa shape index (κ1) is 5.66. The summed E-state index contributed by atoms with van der Waals surface area (Å²) in [6, 6.07) is 0. The van der Waals surface area contributed by atoms with Crippen LogP contribution in [-0.4, -0.2) is 6.61 Å². The average Bonchev–Trinajstić information content (AvgIpc) is 1.41. The van der Waals surface area contributed by atoms with E-state index in [0.717, 1.165) is 17.7 Å². The molecule has 0 aliphatic carbocycles. The fourth-order valence-electron chi connectivity index (χ4n) is 0.0527. The molecule has 0 N–H and O–H groups in total. The summed E-state index contributed by atoms with van der Waals surface area (Å²) in [5.41, 5.74) is 0. The molecule has 0 atom stereocenters.